The van der Waals surface area contributed by atoms with Gasteiger partial charge in [0.1, 0.15) is 24.1 Å². The molecule has 0 amide bonds. The van der Waals surface area contributed by atoms with E-state index in [0.29, 0.717) is 0 Å². The molecular weight excluding hydrogens is 352 g/mol. The molecule has 4 rings (SSSR count). The topological polar surface area (TPSA) is 70.1 Å². The van der Waals surface area contributed by atoms with Gasteiger partial charge in [-0.15, -0.1) is 10.2 Å². The highest BCUT2D eigenvalue weighted by atomic mass is 16.5. The second-order valence-electron chi connectivity index (χ2n) is 6.49. The van der Waals surface area contributed by atoms with E-state index in [0.717, 1.165) is 28.3 Å². The maximum absolute atomic E-state index is 5.74. The lowest BCUT2D eigenvalue weighted by Crippen LogP contribution is -2.05. The third-order valence-corrected chi connectivity index (χ3v) is 4.00. The molecule has 7 heteroatoms. The van der Waals surface area contributed by atoms with E-state index in [1.807, 2.05) is 79.3 Å². The van der Waals surface area contributed by atoms with Crippen molar-refractivity contribution < 1.29 is 4.74 Å². The van der Waals surface area contributed by atoms with Crippen molar-refractivity contribution in [3.8, 4) is 22.7 Å². The fourth-order valence-corrected chi connectivity index (χ4v) is 2.77. The van der Waals surface area contributed by atoms with Crippen LogP contribution in [0.1, 0.15) is 19.4 Å². The number of hydrogen-bond donors (Lipinski definition) is 0. The Bertz CT molecular complexity index is 1050. The Balaban J connectivity index is 1.72. The number of rotatable bonds is 6. The third-order valence-electron chi connectivity index (χ3n) is 4.00. The molecule has 2 aromatic carbocycles. The number of hydrogen-bond acceptors (Lipinski definition) is 5. The van der Waals surface area contributed by atoms with Gasteiger partial charge < -0.3 is 4.74 Å². The van der Waals surface area contributed by atoms with E-state index >= 15 is 0 Å². The summed E-state index contributed by atoms with van der Waals surface area (Å²) in [5.41, 5.74) is 3.68. The quantitative estimate of drug-likeness (QED) is 0.483. The van der Waals surface area contributed by atoms with Gasteiger partial charge in [0.05, 0.1) is 18.0 Å². The van der Waals surface area contributed by atoms with Crippen molar-refractivity contribution in [1.82, 2.24) is 24.7 Å². The van der Waals surface area contributed by atoms with Crippen molar-refractivity contribution >= 4 is 6.21 Å². The Morgan fingerprint density at radius 2 is 1.68 bits per heavy atom. The largest absolute Gasteiger partial charge is 0.491 e. The van der Waals surface area contributed by atoms with Crippen LogP contribution in [-0.4, -0.2) is 37.0 Å². The average molecular weight is 372 g/mol. The molecule has 0 atom stereocenters. The van der Waals surface area contributed by atoms with Gasteiger partial charge in [-0.25, -0.2) is 9.36 Å². The van der Waals surface area contributed by atoms with Crippen LogP contribution in [-0.2, 0) is 0 Å². The highest BCUT2D eigenvalue weighted by Gasteiger charge is 2.12. The summed E-state index contributed by atoms with van der Waals surface area (Å²) < 4.78 is 9.13. The molecule has 0 radical (unpaired) electrons. The zero-order valence-corrected chi connectivity index (χ0v) is 15.7. The summed E-state index contributed by atoms with van der Waals surface area (Å²) in [4.78, 5) is 0. The maximum atomic E-state index is 5.74. The van der Waals surface area contributed by atoms with Crippen molar-refractivity contribution in [2.75, 3.05) is 0 Å². The average Bonchev–Trinajstić information content (AvgIpc) is 3.37. The van der Waals surface area contributed by atoms with Crippen LogP contribution < -0.4 is 4.74 Å². The fraction of sp³-hybridized carbons (Fsp3) is 0.143. The summed E-state index contributed by atoms with van der Waals surface area (Å²) in [6, 6.07) is 17.9. The zero-order chi connectivity index (χ0) is 19.3. The molecule has 0 fully saturated rings. The number of para-hydroxylation sites is 1. The second-order valence-corrected chi connectivity index (χ2v) is 6.49. The Hall–Kier alpha value is -3.74. The Morgan fingerprint density at radius 3 is 2.36 bits per heavy atom. The molecule has 0 N–H and O–H groups in total. The molecule has 140 valence electrons. The van der Waals surface area contributed by atoms with Crippen molar-refractivity contribution in [3.05, 3.63) is 79.0 Å². The smallest absolute Gasteiger partial charge is 0.141 e. The number of nitrogens with zero attached hydrogens (tertiary/aromatic N) is 6. The minimum Gasteiger partial charge on any atom is -0.491 e. The normalized spacial score (nSPS) is 11.4. The minimum absolute atomic E-state index is 0.134. The summed E-state index contributed by atoms with van der Waals surface area (Å²) in [6.45, 7) is 4.02. The first-order valence-corrected chi connectivity index (χ1v) is 9.00. The zero-order valence-electron chi connectivity index (χ0n) is 15.7. The maximum Gasteiger partial charge on any atom is 0.141 e. The number of ether oxygens (including phenoxy) is 1. The Labute approximate surface area is 162 Å². The lowest BCUT2D eigenvalue weighted by molar-refractivity contribution is 0.242. The van der Waals surface area contributed by atoms with E-state index in [4.69, 9.17) is 9.84 Å². The van der Waals surface area contributed by atoms with Crippen molar-refractivity contribution in [3.63, 3.8) is 0 Å². The van der Waals surface area contributed by atoms with E-state index in [1.165, 1.54) is 12.7 Å². The van der Waals surface area contributed by atoms with Gasteiger partial charge in [-0.3, -0.25) is 0 Å². The molecule has 0 aliphatic heterocycles. The van der Waals surface area contributed by atoms with Gasteiger partial charge in [-0.1, -0.05) is 18.2 Å². The molecule has 28 heavy (non-hydrogen) atoms. The number of aromatic nitrogens is 5. The first-order chi connectivity index (χ1) is 13.7. The van der Waals surface area contributed by atoms with Gasteiger partial charge in [0.15, 0.2) is 0 Å². The molecule has 0 unspecified atom stereocenters. The molecule has 2 heterocycles. The van der Waals surface area contributed by atoms with E-state index in [1.54, 1.807) is 10.9 Å². The van der Waals surface area contributed by atoms with Crippen LogP contribution in [0.5, 0.6) is 5.75 Å². The SMILES string of the molecule is CC(C)Oc1ccc(-c2nn(-c3ccccc3)cc2/C=N\n2cnnc2)cc1. The molecule has 0 saturated heterocycles. The van der Waals surface area contributed by atoms with Crippen LogP contribution >= 0.6 is 0 Å². The van der Waals surface area contributed by atoms with Crippen LogP contribution in [0.15, 0.2) is 78.6 Å². The first kappa shape index (κ1) is 17.7. The first-order valence-electron chi connectivity index (χ1n) is 9.00. The molecule has 2 aromatic heterocycles. The Morgan fingerprint density at radius 1 is 0.964 bits per heavy atom. The van der Waals surface area contributed by atoms with Crippen LogP contribution in [0.25, 0.3) is 16.9 Å². The lowest BCUT2D eigenvalue weighted by Gasteiger charge is -2.09. The monoisotopic (exact) mass is 372 g/mol. The molecule has 0 saturated carbocycles. The van der Waals surface area contributed by atoms with Crippen LogP contribution in [0.2, 0.25) is 0 Å². The van der Waals surface area contributed by atoms with Crippen molar-refractivity contribution in [2.24, 2.45) is 5.10 Å². The minimum atomic E-state index is 0.134. The summed E-state index contributed by atoms with van der Waals surface area (Å²) in [5.74, 6) is 0.834. The molecule has 0 aliphatic rings. The second kappa shape index (κ2) is 7.87. The van der Waals surface area contributed by atoms with E-state index in [-0.39, 0.29) is 6.10 Å². The van der Waals surface area contributed by atoms with Crippen LogP contribution in [0.4, 0.5) is 0 Å². The lowest BCUT2D eigenvalue weighted by atomic mass is 10.1. The fourth-order valence-electron chi connectivity index (χ4n) is 2.77. The number of benzene rings is 2. The van der Waals surface area contributed by atoms with E-state index in [9.17, 15) is 0 Å². The summed E-state index contributed by atoms with van der Waals surface area (Å²) in [6.07, 6.45) is 6.92. The molecule has 0 aliphatic carbocycles. The highest BCUT2D eigenvalue weighted by Crippen LogP contribution is 2.25. The summed E-state index contributed by atoms with van der Waals surface area (Å²) in [7, 11) is 0. The summed E-state index contributed by atoms with van der Waals surface area (Å²) >= 11 is 0. The molecule has 0 bridgehead atoms. The predicted molar refractivity (Wildman–Crippen MR) is 108 cm³/mol. The van der Waals surface area contributed by atoms with Gasteiger partial charge >= 0.3 is 0 Å². The van der Waals surface area contributed by atoms with Gasteiger partial charge in [-0.05, 0) is 50.2 Å². The van der Waals surface area contributed by atoms with Crippen molar-refractivity contribution in [1.29, 1.82) is 0 Å². The van der Waals surface area contributed by atoms with Gasteiger partial charge in [-0.2, -0.15) is 10.2 Å². The van der Waals surface area contributed by atoms with Crippen LogP contribution in [0, 0.1) is 0 Å². The van der Waals surface area contributed by atoms with Crippen LogP contribution in [0.3, 0.4) is 0 Å². The van der Waals surface area contributed by atoms with Gasteiger partial charge in [0.25, 0.3) is 0 Å². The van der Waals surface area contributed by atoms with E-state index in [2.05, 4.69) is 15.3 Å². The molecular formula is C21H20N6O. The summed E-state index contributed by atoms with van der Waals surface area (Å²) in [5, 5.41) is 16.7. The molecule has 7 nitrogen and oxygen atoms in total. The van der Waals surface area contributed by atoms with Gasteiger partial charge in [0.2, 0.25) is 0 Å². The Kier molecular flexibility index (Phi) is 4.97. The van der Waals surface area contributed by atoms with Gasteiger partial charge in [0, 0.05) is 17.3 Å². The highest BCUT2D eigenvalue weighted by molar-refractivity contribution is 5.88. The van der Waals surface area contributed by atoms with Crippen molar-refractivity contribution in [2.45, 2.75) is 20.0 Å². The molecule has 4 aromatic rings. The standard InChI is InChI=1S/C21H20N6O/c1-16(2)28-20-10-8-17(9-11-20)21-18(12-24-26-14-22-23-15-26)13-27(25-21)19-6-4-3-5-7-19/h3-16H,1-2H3/b24-12-. The third kappa shape index (κ3) is 3.98. The van der Waals surface area contributed by atoms with E-state index < -0.39 is 0 Å². The molecule has 0 spiro atoms. The predicted octanol–water partition coefficient (Wildman–Crippen LogP) is 3.80.